The van der Waals surface area contributed by atoms with E-state index in [1.54, 1.807) is 0 Å². The van der Waals surface area contributed by atoms with E-state index in [4.69, 9.17) is 0 Å². The van der Waals surface area contributed by atoms with Crippen LogP contribution in [0.1, 0.15) is 72.2 Å². The Kier molecular flexibility index (Phi) is 11.2. The highest BCUT2D eigenvalue weighted by Gasteiger charge is 2.38. The molecule has 2 heteroatoms. The van der Waals surface area contributed by atoms with E-state index in [0.29, 0.717) is 0 Å². The second-order valence-corrected chi connectivity index (χ2v) is 22.2. The quantitative estimate of drug-likeness (QED) is 0.126. The summed E-state index contributed by atoms with van der Waals surface area (Å²) in [5.41, 5.74) is 22.0. The van der Waals surface area contributed by atoms with Gasteiger partial charge in [0.05, 0.1) is 11.4 Å². The molecule has 0 aromatic heterocycles. The molecule has 0 N–H and O–H groups in total. The minimum absolute atomic E-state index is 0.181. The number of fused-ring (bicyclic) bond motifs is 9. The molecule has 0 saturated heterocycles. The van der Waals surface area contributed by atoms with Crippen molar-refractivity contribution in [2.45, 2.75) is 38.5 Å². The van der Waals surface area contributed by atoms with Crippen molar-refractivity contribution in [2.75, 3.05) is 9.80 Å². The first kappa shape index (κ1) is 47.0. The van der Waals surface area contributed by atoms with Crippen molar-refractivity contribution in [3.05, 3.63) is 299 Å². The topological polar surface area (TPSA) is 6.48 Å². The Morgan fingerprint density at radius 1 is 0.256 bits per heavy atom. The lowest BCUT2D eigenvalue weighted by Crippen LogP contribution is -2.16. The molecule has 0 amide bonds. The van der Waals surface area contributed by atoms with Gasteiger partial charge in [-0.05, 0) is 161 Å². The molecule has 0 atom stereocenters. The third-order valence-corrected chi connectivity index (χ3v) is 16.8. The summed E-state index contributed by atoms with van der Waals surface area (Å²) >= 11 is 0. The summed E-state index contributed by atoms with van der Waals surface area (Å²) < 4.78 is 0. The van der Waals surface area contributed by atoms with Crippen LogP contribution in [0.25, 0.3) is 78.9 Å². The van der Waals surface area contributed by atoms with Crippen molar-refractivity contribution < 1.29 is 0 Å². The van der Waals surface area contributed by atoms with Crippen molar-refractivity contribution in [3.8, 4) is 22.3 Å². The van der Waals surface area contributed by atoms with Crippen molar-refractivity contribution in [1.29, 1.82) is 0 Å². The number of rotatable bonds is 10. The lowest BCUT2D eigenvalue weighted by molar-refractivity contribution is 0.660. The van der Waals surface area contributed by atoms with Crippen LogP contribution in [0.15, 0.2) is 255 Å². The van der Waals surface area contributed by atoms with Crippen LogP contribution in [0.3, 0.4) is 0 Å². The highest BCUT2D eigenvalue weighted by molar-refractivity contribution is 6.01. The van der Waals surface area contributed by atoms with Gasteiger partial charge < -0.3 is 9.80 Å². The average Bonchev–Trinajstić information content (AvgIpc) is 3.93. The Bertz CT molecular complexity index is 4090. The summed E-state index contributed by atoms with van der Waals surface area (Å²) in [4.78, 5) is 4.82. The van der Waals surface area contributed by atoms with Crippen LogP contribution in [0.2, 0.25) is 0 Å². The molecule has 0 heterocycles. The van der Waals surface area contributed by atoms with E-state index in [9.17, 15) is 0 Å². The molecule has 0 unspecified atom stereocenters. The van der Waals surface area contributed by atoms with Gasteiger partial charge in [0.25, 0.3) is 0 Å². The van der Waals surface area contributed by atoms with Crippen LogP contribution >= 0.6 is 0 Å². The molecule has 0 saturated carbocycles. The van der Waals surface area contributed by atoms with Crippen LogP contribution in [-0.2, 0) is 10.8 Å². The van der Waals surface area contributed by atoms with Gasteiger partial charge >= 0.3 is 0 Å². The van der Waals surface area contributed by atoms with E-state index in [1.165, 1.54) is 110 Å². The van der Waals surface area contributed by atoms with Crippen LogP contribution in [-0.4, -0.2) is 0 Å². The normalized spacial score (nSPS) is 13.7. The standard InChI is InChI=1S/C76H58N2/c1-75(2)69-47-53(35-41-65(69)67-43-39-61(49-71(67)75)77(59-21-7-5-8-22-59)73-27-15-19-55-17-11-13-25-63(55)73)31-29-51-33-37-58-46-52(34-38-57(58)45-51)30-32-54-36-42-66-68-44-40-62(50-72(68)76(3,4)70(66)48-54)78(60-23-9-6-10-24-60)74-28-16-20-56-18-12-14-26-64(56)74/h5-50H,1-4H3. The molecule has 2 aliphatic rings. The zero-order valence-corrected chi connectivity index (χ0v) is 44.5. The minimum Gasteiger partial charge on any atom is -0.310 e. The molecule has 0 aliphatic heterocycles. The Morgan fingerprint density at radius 3 is 1.01 bits per heavy atom. The number of para-hydroxylation sites is 2. The van der Waals surface area contributed by atoms with E-state index in [0.717, 1.165) is 22.7 Å². The SMILES string of the molecule is CC1(C)c2cc(C=Cc3ccc4cc(C=Cc5ccc6c(c5)C(C)(C)c5cc(N(c7ccccc7)c7cccc8ccccc78)ccc5-6)ccc4c3)ccc2-c2ccc(N(c3ccccc3)c3cccc4ccccc34)cc21. The summed E-state index contributed by atoms with van der Waals surface area (Å²) in [5.74, 6) is 0. The second-order valence-electron chi connectivity index (χ2n) is 22.2. The first-order valence-electron chi connectivity index (χ1n) is 27.3. The predicted octanol–water partition coefficient (Wildman–Crippen LogP) is 21.0. The third kappa shape index (κ3) is 8.03. The fourth-order valence-corrected chi connectivity index (χ4v) is 12.7. The van der Waals surface area contributed by atoms with Crippen molar-refractivity contribution in [3.63, 3.8) is 0 Å². The molecule has 372 valence electrons. The first-order chi connectivity index (χ1) is 38.2. The van der Waals surface area contributed by atoms with Gasteiger partial charge in [-0.1, -0.05) is 234 Å². The van der Waals surface area contributed by atoms with E-state index >= 15 is 0 Å². The van der Waals surface area contributed by atoms with Gasteiger partial charge in [0.1, 0.15) is 0 Å². The minimum atomic E-state index is -0.181. The highest BCUT2D eigenvalue weighted by Crippen LogP contribution is 2.53. The Labute approximate surface area is 458 Å². The fraction of sp³-hybridized carbons (Fsp3) is 0.0789. The van der Waals surface area contributed by atoms with Crippen LogP contribution in [0.4, 0.5) is 34.1 Å². The summed E-state index contributed by atoms with van der Waals surface area (Å²) in [6, 6.07) is 93.7. The molecular formula is C76H58N2. The molecule has 12 aromatic rings. The van der Waals surface area contributed by atoms with Crippen molar-refractivity contribution in [1.82, 2.24) is 0 Å². The maximum atomic E-state index is 2.42. The molecule has 0 spiro atoms. The van der Waals surface area contributed by atoms with E-state index in [-0.39, 0.29) is 10.8 Å². The number of benzene rings is 12. The van der Waals surface area contributed by atoms with Gasteiger partial charge in [0.2, 0.25) is 0 Å². The fourth-order valence-electron chi connectivity index (χ4n) is 12.7. The maximum absolute atomic E-state index is 2.42. The number of hydrogen-bond donors (Lipinski definition) is 0. The van der Waals surface area contributed by atoms with Crippen LogP contribution < -0.4 is 9.80 Å². The van der Waals surface area contributed by atoms with Gasteiger partial charge in [0, 0.05) is 44.4 Å². The second kappa shape index (κ2) is 18.7. The van der Waals surface area contributed by atoms with E-state index in [1.807, 2.05) is 0 Å². The van der Waals surface area contributed by atoms with Gasteiger partial charge in [-0.25, -0.2) is 0 Å². The zero-order chi connectivity index (χ0) is 52.5. The summed E-state index contributed by atoms with van der Waals surface area (Å²) in [5, 5.41) is 7.38. The van der Waals surface area contributed by atoms with Crippen molar-refractivity contribution >= 4 is 90.7 Å². The molecule has 12 aromatic carbocycles. The molecule has 78 heavy (non-hydrogen) atoms. The maximum Gasteiger partial charge on any atom is 0.0540 e. The summed E-state index contributed by atoms with van der Waals surface area (Å²) in [6.07, 6.45) is 9.04. The van der Waals surface area contributed by atoms with E-state index < -0.39 is 0 Å². The summed E-state index contributed by atoms with van der Waals surface area (Å²) in [6.45, 7) is 9.50. The summed E-state index contributed by atoms with van der Waals surface area (Å²) in [7, 11) is 0. The zero-order valence-electron chi connectivity index (χ0n) is 44.5. The smallest absolute Gasteiger partial charge is 0.0540 e. The molecule has 0 radical (unpaired) electrons. The van der Waals surface area contributed by atoms with Crippen LogP contribution in [0, 0.1) is 0 Å². The van der Waals surface area contributed by atoms with Gasteiger partial charge in [0.15, 0.2) is 0 Å². The van der Waals surface area contributed by atoms with Crippen LogP contribution in [0.5, 0.6) is 0 Å². The number of nitrogens with zero attached hydrogens (tertiary/aromatic N) is 2. The Hall–Kier alpha value is -9.50. The Morgan fingerprint density at radius 2 is 0.590 bits per heavy atom. The molecule has 0 bridgehead atoms. The molecule has 14 rings (SSSR count). The largest absolute Gasteiger partial charge is 0.310 e. The molecule has 2 nitrogen and oxygen atoms in total. The lowest BCUT2D eigenvalue weighted by atomic mass is 9.81. The number of anilines is 6. The average molecular weight is 999 g/mol. The molecular weight excluding hydrogens is 941 g/mol. The lowest BCUT2D eigenvalue weighted by Gasteiger charge is -2.29. The first-order valence-corrected chi connectivity index (χ1v) is 27.3. The van der Waals surface area contributed by atoms with Gasteiger partial charge in [-0.2, -0.15) is 0 Å². The monoisotopic (exact) mass is 998 g/mol. The predicted molar refractivity (Wildman–Crippen MR) is 334 cm³/mol. The molecule has 2 aliphatic carbocycles. The van der Waals surface area contributed by atoms with Gasteiger partial charge in [-0.3, -0.25) is 0 Å². The van der Waals surface area contributed by atoms with Gasteiger partial charge in [-0.15, -0.1) is 0 Å². The highest BCUT2D eigenvalue weighted by atomic mass is 15.1. The molecule has 0 fully saturated rings. The van der Waals surface area contributed by atoms with E-state index in [2.05, 4.69) is 317 Å². The van der Waals surface area contributed by atoms with Crippen molar-refractivity contribution in [2.24, 2.45) is 0 Å². The number of hydrogen-bond acceptors (Lipinski definition) is 2. The Balaban J connectivity index is 0.694. The third-order valence-electron chi connectivity index (χ3n) is 16.8.